The number of nitrogens with one attached hydrogen (secondary N) is 1. The minimum Gasteiger partial charge on any atom is -0.464 e. The van der Waals surface area contributed by atoms with Crippen molar-refractivity contribution in [1.29, 1.82) is 0 Å². The smallest absolute Gasteiger partial charge is 0.379 e. The summed E-state index contributed by atoms with van der Waals surface area (Å²) in [6, 6.07) is -1.37. The number of rotatable bonds is 13. The molecule has 224 valence electrons. The first kappa shape index (κ1) is 34.0. The van der Waals surface area contributed by atoms with Gasteiger partial charge >= 0.3 is 41.6 Å². The van der Waals surface area contributed by atoms with Crippen molar-refractivity contribution in [2.24, 2.45) is 0 Å². The highest BCUT2D eigenvalue weighted by molar-refractivity contribution is 5.82. The van der Waals surface area contributed by atoms with Crippen molar-refractivity contribution >= 4 is 41.7 Å². The maximum absolute atomic E-state index is 13.1. The highest BCUT2D eigenvalue weighted by atomic mass is 16.8. The Hall–Kier alpha value is -4.01. The SMILES string of the molecule is C=CCCC(=O)O[C@]1(C(=O)OC)C[C@H](OC(C)=O)[C@@H](NC(C)=O)[C@H]([C@H](OC(C)=O)[C@@H](COC(C)=O)OC(C)=O)O1. The molecule has 0 aromatic heterocycles. The zero-order valence-electron chi connectivity index (χ0n) is 23.2. The summed E-state index contributed by atoms with van der Waals surface area (Å²) < 4.78 is 37.2. The lowest BCUT2D eigenvalue weighted by Gasteiger charge is -2.48. The molecule has 0 aromatic rings. The van der Waals surface area contributed by atoms with Crippen molar-refractivity contribution in [3.8, 4) is 0 Å². The molecule has 0 unspecified atom stereocenters. The summed E-state index contributed by atoms with van der Waals surface area (Å²) >= 11 is 0. The van der Waals surface area contributed by atoms with Crippen LogP contribution in [0.3, 0.4) is 0 Å². The molecule has 1 saturated heterocycles. The van der Waals surface area contributed by atoms with Gasteiger partial charge < -0.3 is 38.5 Å². The number of hydrogen-bond donors (Lipinski definition) is 1. The summed E-state index contributed by atoms with van der Waals surface area (Å²) in [5.41, 5.74) is 0. The molecular formula is C25H35NO14. The van der Waals surface area contributed by atoms with E-state index in [1.54, 1.807) is 0 Å². The molecule has 1 heterocycles. The van der Waals surface area contributed by atoms with Gasteiger partial charge in [-0.3, -0.25) is 28.8 Å². The molecule has 1 rings (SSSR count). The first-order valence-corrected chi connectivity index (χ1v) is 12.2. The third kappa shape index (κ3) is 10.3. The second-order valence-corrected chi connectivity index (χ2v) is 8.73. The van der Waals surface area contributed by atoms with Crippen molar-refractivity contribution in [2.75, 3.05) is 13.7 Å². The van der Waals surface area contributed by atoms with Crippen molar-refractivity contribution in [3.63, 3.8) is 0 Å². The Kier molecular flexibility index (Phi) is 13.2. The van der Waals surface area contributed by atoms with Crippen LogP contribution in [0, 0.1) is 0 Å². The van der Waals surface area contributed by atoms with Gasteiger partial charge in [-0.25, -0.2) is 4.79 Å². The number of methoxy groups -OCH3 is 1. The Labute approximate surface area is 230 Å². The lowest BCUT2D eigenvalue weighted by atomic mass is 9.88. The predicted octanol–water partition coefficient (Wildman–Crippen LogP) is 0.0169. The fourth-order valence-electron chi connectivity index (χ4n) is 3.96. The fraction of sp³-hybridized carbons (Fsp3) is 0.640. The molecule has 0 saturated carbocycles. The molecule has 0 bridgehead atoms. The van der Waals surface area contributed by atoms with E-state index in [0.717, 1.165) is 41.7 Å². The van der Waals surface area contributed by atoms with Gasteiger partial charge in [0.1, 0.15) is 18.8 Å². The summed E-state index contributed by atoms with van der Waals surface area (Å²) in [4.78, 5) is 85.6. The maximum Gasteiger partial charge on any atom is 0.379 e. The van der Waals surface area contributed by atoms with Crippen LogP contribution < -0.4 is 5.32 Å². The van der Waals surface area contributed by atoms with Crippen LogP contribution in [-0.4, -0.2) is 91.7 Å². The quantitative estimate of drug-likeness (QED) is 0.176. The van der Waals surface area contributed by atoms with Crippen molar-refractivity contribution in [3.05, 3.63) is 12.7 Å². The molecule has 0 spiro atoms. The first-order valence-electron chi connectivity index (χ1n) is 12.2. The van der Waals surface area contributed by atoms with E-state index in [1.165, 1.54) is 6.08 Å². The molecule has 1 amide bonds. The second kappa shape index (κ2) is 15.5. The van der Waals surface area contributed by atoms with E-state index in [2.05, 4.69) is 11.9 Å². The highest BCUT2D eigenvalue weighted by Gasteiger charge is 2.60. The Morgan fingerprint density at radius 3 is 2.08 bits per heavy atom. The lowest BCUT2D eigenvalue weighted by molar-refractivity contribution is -0.304. The van der Waals surface area contributed by atoms with Gasteiger partial charge in [0, 0.05) is 41.0 Å². The molecule has 15 nitrogen and oxygen atoms in total. The number of hydrogen-bond acceptors (Lipinski definition) is 14. The van der Waals surface area contributed by atoms with Crippen molar-refractivity contribution < 1.29 is 66.7 Å². The largest absolute Gasteiger partial charge is 0.464 e. The molecule has 1 aliphatic rings. The minimum atomic E-state index is -2.58. The van der Waals surface area contributed by atoms with Gasteiger partial charge in [0.15, 0.2) is 12.2 Å². The predicted molar refractivity (Wildman–Crippen MR) is 131 cm³/mol. The number of esters is 6. The van der Waals surface area contributed by atoms with E-state index < -0.39 is 91.0 Å². The topological polar surface area (TPSA) is 196 Å². The average Bonchev–Trinajstić information content (AvgIpc) is 2.83. The van der Waals surface area contributed by atoms with Gasteiger partial charge in [-0.05, 0) is 6.42 Å². The zero-order valence-corrected chi connectivity index (χ0v) is 23.2. The molecule has 15 heteroatoms. The first-order chi connectivity index (χ1) is 18.6. The second-order valence-electron chi connectivity index (χ2n) is 8.73. The van der Waals surface area contributed by atoms with E-state index in [0.29, 0.717) is 0 Å². The van der Waals surface area contributed by atoms with Crippen LogP contribution in [-0.2, 0) is 66.7 Å². The number of carbonyl (C=O) groups excluding carboxylic acids is 7. The number of allylic oxidation sites excluding steroid dienone is 1. The Bertz CT molecular complexity index is 994. The van der Waals surface area contributed by atoms with Crippen LogP contribution in [0.2, 0.25) is 0 Å². The van der Waals surface area contributed by atoms with Gasteiger partial charge in [0.25, 0.3) is 0 Å². The molecule has 1 aliphatic heterocycles. The Morgan fingerprint density at radius 2 is 1.60 bits per heavy atom. The molecule has 1 fully saturated rings. The maximum atomic E-state index is 13.1. The van der Waals surface area contributed by atoms with Crippen LogP contribution in [0.25, 0.3) is 0 Å². The molecule has 0 radical (unpaired) electrons. The molecular weight excluding hydrogens is 538 g/mol. The Morgan fingerprint density at radius 1 is 0.975 bits per heavy atom. The van der Waals surface area contributed by atoms with E-state index in [-0.39, 0.29) is 12.8 Å². The summed E-state index contributed by atoms with van der Waals surface area (Å²) in [7, 11) is 0.979. The lowest BCUT2D eigenvalue weighted by Crippen LogP contribution is -2.69. The molecule has 0 aromatic carbocycles. The van der Waals surface area contributed by atoms with E-state index >= 15 is 0 Å². The number of ether oxygens (including phenoxy) is 7. The third-order valence-corrected chi connectivity index (χ3v) is 5.33. The summed E-state index contributed by atoms with van der Waals surface area (Å²) in [6.45, 7) is 8.15. The zero-order chi connectivity index (χ0) is 30.6. The summed E-state index contributed by atoms with van der Waals surface area (Å²) in [5, 5.41) is 2.51. The highest BCUT2D eigenvalue weighted by Crippen LogP contribution is 2.37. The van der Waals surface area contributed by atoms with Crippen molar-refractivity contribution in [1.82, 2.24) is 5.32 Å². The summed E-state index contributed by atoms with van der Waals surface area (Å²) in [6.07, 6.45) is -5.68. The monoisotopic (exact) mass is 573 g/mol. The van der Waals surface area contributed by atoms with Gasteiger partial charge in [0.2, 0.25) is 5.91 Å². The Balaban J connectivity index is 3.85. The van der Waals surface area contributed by atoms with Crippen LogP contribution in [0.4, 0.5) is 0 Å². The van der Waals surface area contributed by atoms with Crippen LogP contribution in [0.15, 0.2) is 12.7 Å². The van der Waals surface area contributed by atoms with Crippen LogP contribution in [0.5, 0.6) is 0 Å². The van der Waals surface area contributed by atoms with Crippen molar-refractivity contribution in [2.45, 2.75) is 90.1 Å². The van der Waals surface area contributed by atoms with Crippen LogP contribution in [0.1, 0.15) is 53.9 Å². The van der Waals surface area contributed by atoms with Gasteiger partial charge in [-0.1, -0.05) is 6.08 Å². The molecule has 40 heavy (non-hydrogen) atoms. The summed E-state index contributed by atoms with van der Waals surface area (Å²) in [5.74, 6) is -8.83. The minimum absolute atomic E-state index is 0.175. The van der Waals surface area contributed by atoms with Gasteiger partial charge in [0.05, 0.1) is 19.6 Å². The molecule has 1 N–H and O–H groups in total. The molecule has 0 aliphatic carbocycles. The van der Waals surface area contributed by atoms with E-state index in [1.807, 2.05) is 0 Å². The van der Waals surface area contributed by atoms with Gasteiger partial charge in [-0.2, -0.15) is 0 Å². The van der Waals surface area contributed by atoms with E-state index in [4.69, 9.17) is 33.2 Å². The van der Waals surface area contributed by atoms with Crippen LogP contribution >= 0.6 is 0 Å². The fourth-order valence-corrected chi connectivity index (χ4v) is 3.96. The third-order valence-electron chi connectivity index (χ3n) is 5.33. The standard InChI is InChI=1S/C25H35NO14/c1-8-9-10-20(32)39-25(24(33)34-7)11-18(36-15(4)29)21(26-13(2)27)23(40-25)22(38-17(6)31)19(37-16(5)30)12-35-14(3)28/h8,18-19,21-23H,1,9-12H2,2-7H3,(H,26,27)/t18-,19+,21+,22+,23+,25+/m0/s1. The molecule has 6 atom stereocenters. The van der Waals surface area contributed by atoms with E-state index in [9.17, 15) is 33.6 Å². The number of carbonyl (C=O) groups is 7. The normalized spacial score (nSPS) is 23.3. The average molecular weight is 574 g/mol. The number of amides is 1. The van der Waals surface area contributed by atoms with Gasteiger partial charge in [-0.15, -0.1) is 6.58 Å².